The molecule has 0 unspecified atom stereocenters. The van der Waals surface area contributed by atoms with Crippen molar-refractivity contribution in [3.05, 3.63) is 71.1 Å². The smallest absolute Gasteiger partial charge is 0.271 e. The lowest BCUT2D eigenvalue weighted by Crippen LogP contribution is -2.28. The molecule has 1 saturated heterocycles. The molecule has 8 heteroatoms. The van der Waals surface area contributed by atoms with Gasteiger partial charge in [0.05, 0.1) is 16.2 Å². The molecule has 3 aromatic rings. The molecule has 2 aromatic carbocycles. The molecule has 1 N–H and O–H groups in total. The van der Waals surface area contributed by atoms with Crippen LogP contribution >= 0.6 is 11.8 Å². The summed E-state index contributed by atoms with van der Waals surface area (Å²) in [6, 6.07) is 14.7. The van der Waals surface area contributed by atoms with Crippen molar-refractivity contribution < 1.29 is 23.1 Å². The van der Waals surface area contributed by atoms with Crippen molar-refractivity contribution in [1.29, 1.82) is 5.41 Å². The fraction of sp³-hybridized carbons (Fsp3) is 0.0476. The number of hydrogen-bond donors (Lipinski definition) is 1. The number of halogens is 1. The molecule has 3 heterocycles. The van der Waals surface area contributed by atoms with Gasteiger partial charge in [-0.1, -0.05) is 12.1 Å². The maximum absolute atomic E-state index is 13.9. The van der Waals surface area contributed by atoms with Crippen molar-refractivity contribution in [3.63, 3.8) is 0 Å². The van der Waals surface area contributed by atoms with E-state index in [0.29, 0.717) is 39.2 Å². The minimum atomic E-state index is -0.386. The Morgan fingerprint density at radius 2 is 1.90 bits per heavy atom. The van der Waals surface area contributed by atoms with Crippen LogP contribution in [0.25, 0.3) is 17.4 Å². The van der Waals surface area contributed by atoms with Crippen molar-refractivity contribution >= 4 is 34.6 Å². The van der Waals surface area contributed by atoms with Crippen molar-refractivity contribution in [2.75, 3.05) is 11.7 Å². The average molecular weight is 408 g/mol. The first kappa shape index (κ1) is 17.6. The first-order valence-corrected chi connectivity index (χ1v) is 9.49. The average Bonchev–Trinajstić information content (AvgIpc) is 3.42. The lowest BCUT2D eigenvalue weighted by atomic mass is 10.1. The summed E-state index contributed by atoms with van der Waals surface area (Å²) < 4.78 is 30.3. The van der Waals surface area contributed by atoms with E-state index >= 15 is 0 Å². The van der Waals surface area contributed by atoms with Crippen LogP contribution in [0.3, 0.4) is 0 Å². The van der Waals surface area contributed by atoms with Crippen molar-refractivity contribution in [1.82, 2.24) is 0 Å². The second-order valence-corrected chi connectivity index (χ2v) is 7.31. The van der Waals surface area contributed by atoms with E-state index in [2.05, 4.69) is 0 Å². The Bertz CT molecular complexity index is 1190. The fourth-order valence-corrected chi connectivity index (χ4v) is 3.95. The second kappa shape index (κ2) is 6.82. The van der Waals surface area contributed by atoms with Gasteiger partial charge in [0.15, 0.2) is 16.7 Å². The minimum absolute atomic E-state index is 0.0704. The molecule has 2 aliphatic heterocycles. The number of amides is 1. The van der Waals surface area contributed by atoms with E-state index in [1.807, 2.05) is 0 Å². The molecule has 144 valence electrons. The van der Waals surface area contributed by atoms with Gasteiger partial charge in [-0.25, -0.2) is 4.39 Å². The molecule has 0 spiro atoms. The Labute approximate surface area is 169 Å². The zero-order valence-corrected chi connectivity index (χ0v) is 15.7. The number of anilines is 1. The molecule has 0 bridgehead atoms. The SMILES string of the molecule is N=C1SC(=Cc2ccc(-c3ccccc3F)o2)C(=O)N1c1ccc2c(c1)OCO2. The zero-order chi connectivity index (χ0) is 20.0. The number of rotatable bonds is 3. The normalized spacial score (nSPS) is 16.9. The number of nitrogens with zero attached hydrogens (tertiary/aromatic N) is 1. The summed E-state index contributed by atoms with van der Waals surface area (Å²) in [5.74, 6) is 1.18. The highest BCUT2D eigenvalue weighted by molar-refractivity contribution is 8.19. The van der Waals surface area contributed by atoms with Crippen LogP contribution < -0.4 is 14.4 Å². The maximum Gasteiger partial charge on any atom is 0.271 e. The van der Waals surface area contributed by atoms with Gasteiger partial charge in [-0.15, -0.1) is 0 Å². The Hall–Kier alpha value is -3.52. The summed E-state index contributed by atoms with van der Waals surface area (Å²) in [6.07, 6.45) is 1.55. The van der Waals surface area contributed by atoms with Gasteiger partial charge in [-0.05, 0) is 48.2 Å². The van der Waals surface area contributed by atoms with E-state index in [-0.39, 0.29) is 23.7 Å². The summed E-state index contributed by atoms with van der Waals surface area (Å²) in [4.78, 5) is 14.5. The van der Waals surface area contributed by atoms with Gasteiger partial charge in [0.2, 0.25) is 6.79 Å². The van der Waals surface area contributed by atoms with Crippen LogP contribution in [0.4, 0.5) is 10.1 Å². The quantitative estimate of drug-likeness (QED) is 0.626. The number of thioether (sulfide) groups is 1. The van der Waals surface area contributed by atoms with Crippen LogP contribution in [0.15, 0.2) is 63.9 Å². The van der Waals surface area contributed by atoms with Crippen molar-refractivity contribution in [2.24, 2.45) is 0 Å². The molecule has 6 nitrogen and oxygen atoms in total. The molecule has 5 rings (SSSR count). The number of carbonyl (C=O) groups excluding carboxylic acids is 1. The maximum atomic E-state index is 13.9. The van der Waals surface area contributed by atoms with E-state index in [1.165, 1.54) is 11.0 Å². The number of hydrogen-bond acceptors (Lipinski definition) is 6. The van der Waals surface area contributed by atoms with E-state index in [4.69, 9.17) is 19.3 Å². The Kier molecular flexibility index (Phi) is 4.13. The predicted molar refractivity (Wildman–Crippen MR) is 107 cm³/mol. The Morgan fingerprint density at radius 3 is 2.76 bits per heavy atom. The topological polar surface area (TPSA) is 75.8 Å². The van der Waals surface area contributed by atoms with Gasteiger partial charge >= 0.3 is 0 Å². The Balaban J connectivity index is 1.43. The van der Waals surface area contributed by atoms with E-state index in [0.717, 1.165) is 11.8 Å². The second-order valence-electron chi connectivity index (χ2n) is 6.28. The molecular weight excluding hydrogens is 395 g/mol. The molecule has 0 saturated carbocycles. The zero-order valence-electron chi connectivity index (χ0n) is 14.8. The lowest BCUT2D eigenvalue weighted by Gasteiger charge is -2.14. The minimum Gasteiger partial charge on any atom is -0.457 e. The molecule has 0 aliphatic carbocycles. The first-order chi connectivity index (χ1) is 14.1. The third kappa shape index (κ3) is 3.07. The largest absolute Gasteiger partial charge is 0.457 e. The van der Waals surface area contributed by atoms with Crippen LogP contribution in [-0.2, 0) is 4.79 Å². The Morgan fingerprint density at radius 1 is 1.07 bits per heavy atom. The highest BCUT2D eigenvalue weighted by Gasteiger charge is 2.34. The van der Waals surface area contributed by atoms with Crippen LogP contribution in [-0.4, -0.2) is 17.9 Å². The molecule has 0 radical (unpaired) electrons. The highest BCUT2D eigenvalue weighted by Crippen LogP contribution is 2.40. The number of carbonyl (C=O) groups is 1. The third-order valence-electron chi connectivity index (χ3n) is 4.48. The van der Waals surface area contributed by atoms with Crippen LogP contribution in [0.1, 0.15) is 5.76 Å². The van der Waals surface area contributed by atoms with Gasteiger partial charge in [-0.3, -0.25) is 15.1 Å². The standard InChI is InChI=1S/C21H13FN2O4S/c22-15-4-2-1-3-14(15)16-8-6-13(28-16)10-19-20(25)24(21(23)29-19)12-5-7-17-18(9-12)27-11-26-17/h1-10,23H,11H2. The third-order valence-corrected chi connectivity index (χ3v) is 5.37. The highest BCUT2D eigenvalue weighted by atomic mass is 32.2. The van der Waals surface area contributed by atoms with Gasteiger partial charge in [0.25, 0.3) is 5.91 Å². The molecule has 1 fully saturated rings. The molecule has 1 amide bonds. The van der Waals surface area contributed by atoms with Crippen LogP contribution in [0.2, 0.25) is 0 Å². The molecule has 0 atom stereocenters. The summed E-state index contributed by atoms with van der Waals surface area (Å²) >= 11 is 1.03. The van der Waals surface area contributed by atoms with Crippen molar-refractivity contribution in [2.45, 2.75) is 0 Å². The summed E-state index contributed by atoms with van der Waals surface area (Å²) in [5, 5.41) is 8.28. The molecule has 29 heavy (non-hydrogen) atoms. The van der Waals surface area contributed by atoms with Crippen LogP contribution in [0.5, 0.6) is 11.5 Å². The fourth-order valence-electron chi connectivity index (χ4n) is 3.11. The number of fused-ring (bicyclic) bond motifs is 1. The molecule has 1 aromatic heterocycles. The van der Waals surface area contributed by atoms with E-state index < -0.39 is 0 Å². The van der Waals surface area contributed by atoms with E-state index in [9.17, 15) is 9.18 Å². The van der Waals surface area contributed by atoms with Crippen LogP contribution in [0, 0.1) is 11.2 Å². The lowest BCUT2D eigenvalue weighted by molar-refractivity contribution is -0.113. The first-order valence-electron chi connectivity index (χ1n) is 8.67. The summed E-state index contributed by atoms with van der Waals surface area (Å²) in [7, 11) is 0. The van der Waals surface area contributed by atoms with E-state index in [1.54, 1.807) is 54.6 Å². The van der Waals surface area contributed by atoms with Gasteiger partial charge in [0, 0.05) is 12.1 Å². The molecular formula is C21H13FN2O4S. The predicted octanol–water partition coefficient (Wildman–Crippen LogP) is 4.87. The van der Waals surface area contributed by atoms with Crippen molar-refractivity contribution in [3.8, 4) is 22.8 Å². The monoisotopic (exact) mass is 408 g/mol. The van der Waals surface area contributed by atoms with Gasteiger partial charge < -0.3 is 13.9 Å². The number of ether oxygens (including phenoxy) is 2. The van der Waals surface area contributed by atoms with Gasteiger partial charge in [-0.2, -0.15) is 0 Å². The number of amidine groups is 1. The number of nitrogens with one attached hydrogen (secondary N) is 1. The summed E-state index contributed by atoms with van der Waals surface area (Å²) in [6.45, 7) is 0.132. The summed E-state index contributed by atoms with van der Waals surface area (Å²) in [5.41, 5.74) is 0.865. The number of furan rings is 1. The molecule has 2 aliphatic rings. The number of benzene rings is 2. The van der Waals surface area contributed by atoms with Gasteiger partial charge in [0.1, 0.15) is 17.3 Å².